The van der Waals surface area contributed by atoms with E-state index in [1.54, 1.807) is 13.8 Å². The molecule has 0 fully saturated rings. The zero-order chi connectivity index (χ0) is 17.9. The summed E-state index contributed by atoms with van der Waals surface area (Å²) in [4.78, 5) is 23.1. The molecule has 2 N–H and O–H groups in total. The maximum absolute atomic E-state index is 12.5. The van der Waals surface area contributed by atoms with Gasteiger partial charge in [-0.2, -0.15) is 18.3 Å². The van der Waals surface area contributed by atoms with Gasteiger partial charge in [-0.25, -0.2) is 4.79 Å². The highest BCUT2D eigenvalue weighted by molar-refractivity contribution is 5.85. The Morgan fingerprint density at radius 3 is 2.30 bits per heavy atom. The first kappa shape index (κ1) is 19.0. The Kier molecular flexibility index (Phi) is 5.79. The predicted octanol–water partition coefficient (Wildman–Crippen LogP) is 1.83. The number of amides is 1. The average molecular weight is 335 g/mol. The van der Waals surface area contributed by atoms with E-state index < -0.39 is 30.6 Å². The van der Waals surface area contributed by atoms with Crippen LogP contribution in [-0.2, 0) is 22.6 Å². The van der Waals surface area contributed by atoms with Gasteiger partial charge in [-0.1, -0.05) is 13.8 Å². The van der Waals surface area contributed by atoms with Gasteiger partial charge in [0.2, 0.25) is 5.91 Å². The van der Waals surface area contributed by atoms with E-state index in [9.17, 15) is 22.8 Å². The summed E-state index contributed by atoms with van der Waals surface area (Å²) in [5.74, 6) is -2.04. The van der Waals surface area contributed by atoms with Crippen molar-refractivity contribution >= 4 is 11.9 Å². The van der Waals surface area contributed by atoms with Crippen molar-refractivity contribution in [3.63, 3.8) is 0 Å². The first-order chi connectivity index (χ1) is 10.4. The lowest BCUT2D eigenvalue weighted by molar-refractivity contribution is -0.143. The number of carbonyl (C=O) groups excluding carboxylic acids is 1. The highest BCUT2D eigenvalue weighted by atomic mass is 19.4. The van der Waals surface area contributed by atoms with Crippen molar-refractivity contribution in [2.24, 2.45) is 5.92 Å². The molecule has 0 saturated heterocycles. The van der Waals surface area contributed by atoms with Crippen LogP contribution in [0.4, 0.5) is 13.2 Å². The SMILES string of the molecule is Cc1nn(CC(F)(F)F)c(C)c1CC(=O)NC(C(=O)O)C(C)C. The zero-order valence-corrected chi connectivity index (χ0v) is 13.4. The molecule has 130 valence electrons. The molecule has 0 aliphatic heterocycles. The van der Waals surface area contributed by atoms with Gasteiger partial charge in [0, 0.05) is 11.3 Å². The largest absolute Gasteiger partial charge is 0.480 e. The van der Waals surface area contributed by atoms with Gasteiger partial charge < -0.3 is 10.4 Å². The second kappa shape index (κ2) is 7.01. The number of aryl methyl sites for hydroxylation is 1. The third-order valence-corrected chi connectivity index (χ3v) is 3.45. The molecule has 1 heterocycles. The van der Waals surface area contributed by atoms with Gasteiger partial charge in [0.05, 0.1) is 12.1 Å². The zero-order valence-electron chi connectivity index (χ0n) is 13.4. The summed E-state index contributed by atoms with van der Waals surface area (Å²) in [6.07, 6.45) is -4.62. The van der Waals surface area contributed by atoms with Crippen molar-refractivity contribution in [1.29, 1.82) is 0 Å². The number of carboxylic acid groups (broad SMARTS) is 1. The van der Waals surface area contributed by atoms with E-state index in [-0.39, 0.29) is 18.0 Å². The van der Waals surface area contributed by atoms with E-state index in [2.05, 4.69) is 10.4 Å². The fourth-order valence-electron chi connectivity index (χ4n) is 2.21. The summed E-state index contributed by atoms with van der Waals surface area (Å²) in [5.41, 5.74) is 0.935. The number of rotatable bonds is 6. The molecule has 1 aromatic rings. The van der Waals surface area contributed by atoms with Crippen LogP contribution in [0.3, 0.4) is 0 Å². The molecule has 0 saturated carbocycles. The Morgan fingerprint density at radius 1 is 1.30 bits per heavy atom. The molecule has 0 bridgehead atoms. The van der Waals surface area contributed by atoms with Gasteiger partial charge in [0.15, 0.2) is 0 Å². The third kappa shape index (κ3) is 5.26. The van der Waals surface area contributed by atoms with Gasteiger partial charge in [0.1, 0.15) is 12.6 Å². The molecular weight excluding hydrogens is 315 g/mol. The van der Waals surface area contributed by atoms with Crippen LogP contribution in [0.25, 0.3) is 0 Å². The Morgan fingerprint density at radius 2 is 1.87 bits per heavy atom. The number of carbonyl (C=O) groups is 2. The molecule has 0 radical (unpaired) electrons. The Labute approximate surface area is 131 Å². The van der Waals surface area contributed by atoms with Crippen LogP contribution in [0, 0.1) is 19.8 Å². The number of nitrogens with one attached hydrogen (secondary N) is 1. The predicted molar refractivity (Wildman–Crippen MR) is 75.9 cm³/mol. The molecule has 9 heteroatoms. The number of hydrogen-bond acceptors (Lipinski definition) is 3. The van der Waals surface area contributed by atoms with Crippen LogP contribution in [0.1, 0.15) is 30.8 Å². The topological polar surface area (TPSA) is 84.2 Å². The normalized spacial score (nSPS) is 13.2. The molecule has 0 spiro atoms. The summed E-state index contributed by atoms with van der Waals surface area (Å²) in [5, 5.41) is 15.2. The lowest BCUT2D eigenvalue weighted by Gasteiger charge is -2.18. The first-order valence-corrected chi connectivity index (χ1v) is 7.04. The van der Waals surface area contributed by atoms with Crippen molar-refractivity contribution in [3.8, 4) is 0 Å². The number of aromatic nitrogens is 2. The quantitative estimate of drug-likeness (QED) is 0.831. The summed E-state index contributed by atoms with van der Waals surface area (Å²) < 4.78 is 38.2. The molecule has 0 aliphatic rings. The minimum atomic E-state index is -4.41. The van der Waals surface area contributed by atoms with E-state index in [0.29, 0.717) is 11.3 Å². The lowest BCUT2D eigenvalue weighted by atomic mass is 10.0. The molecule has 0 aromatic carbocycles. The lowest BCUT2D eigenvalue weighted by Crippen LogP contribution is -2.45. The van der Waals surface area contributed by atoms with Crippen LogP contribution in [0.15, 0.2) is 0 Å². The van der Waals surface area contributed by atoms with E-state index in [4.69, 9.17) is 5.11 Å². The minimum absolute atomic E-state index is 0.216. The van der Waals surface area contributed by atoms with Crippen molar-refractivity contribution in [3.05, 3.63) is 17.0 Å². The summed E-state index contributed by atoms with van der Waals surface area (Å²) in [7, 11) is 0. The maximum Gasteiger partial charge on any atom is 0.408 e. The number of hydrogen-bond donors (Lipinski definition) is 2. The van der Waals surface area contributed by atoms with E-state index in [0.717, 1.165) is 4.68 Å². The molecule has 1 unspecified atom stereocenters. The van der Waals surface area contributed by atoms with Crippen molar-refractivity contribution in [1.82, 2.24) is 15.1 Å². The number of carboxylic acids is 1. The van der Waals surface area contributed by atoms with Gasteiger partial charge >= 0.3 is 12.1 Å². The van der Waals surface area contributed by atoms with Crippen LogP contribution in [-0.4, -0.2) is 39.0 Å². The number of nitrogens with zero attached hydrogens (tertiary/aromatic N) is 2. The van der Waals surface area contributed by atoms with Crippen LogP contribution >= 0.6 is 0 Å². The fraction of sp³-hybridized carbons (Fsp3) is 0.643. The first-order valence-electron chi connectivity index (χ1n) is 7.04. The molecule has 1 aromatic heterocycles. The summed E-state index contributed by atoms with van der Waals surface area (Å²) in [6, 6.07) is -1.05. The molecule has 0 aliphatic carbocycles. The highest BCUT2D eigenvalue weighted by Gasteiger charge is 2.30. The molecule has 1 rings (SSSR count). The Bertz CT molecular complexity index is 594. The van der Waals surface area contributed by atoms with Crippen LogP contribution in [0.5, 0.6) is 0 Å². The van der Waals surface area contributed by atoms with Crippen molar-refractivity contribution in [2.75, 3.05) is 0 Å². The minimum Gasteiger partial charge on any atom is -0.480 e. The Hall–Kier alpha value is -2.06. The number of aliphatic carboxylic acids is 1. The molecule has 1 atom stereocenters. The maximum atomic E-state index is 12.5. The Balaban J connectivity index is 2.89. The second-order valence-corrected chi connectivity index (χ2v) is 5.73. The molecule has 23 heavy (non-hydrogen) atoms. The fourth-order valence-corrected chi connectivity index (χ4v) is 2.21. The monoisotopic (exact) mass is 335 g/mol. The van der Waals surface area contributed by atoms with Crippen LogP contribution < -0.4 is 5.32 Å². The highest BCUT2D eigenvalue weighted by Crippen LogP contribution is 2.21. The third-order valence-electron chi connectivity index (χ3n) is 3.45. The molecule has 1 amide bonds. The molecule has 6 nitrogen and oxygen atoms in total. The van der Waals surface area contributed by atoms with Crippen molar-refractivity contribution < 1.29 is 27.9 Å². The summed E-state index contributed by atoms with van der Waals surface area (Å²) in [6.45, 7) is 5.03. The van der Waals surface area contributed by atoms with Gasteiger partial charge in [-0.15, -0.1) is 0 Å². The number of alkyl halides is 3. The van der Waals surface area contributed by atoms with E-state index in [1.807, 2.05) is 0 Å². The van der Waals surface area contributed by atoms with Crippen LogP contribution in [0.2, 0.25) is 0 Å². The smallest absolute Gasteiger partial charge is 0.408 e. The second-order valence-electron chi connectivity index (χ2n) is 5.73. The van der Waals surface area contributed by atoms with Gasteiger partial charge in [0.25, 0.3) is 0 Å². The summed E-state index contributed by atoms with van der Waals surface area (Å²) >= 11 is 0. The number of halogens is 3. The van der Waals surface area contributed by atoms with E-state index in [1.165, 1.54) is 13.8 Å². The molecular formula is C14H20F3N3O3. The van der Waals surface area contributed by atoms with E-state index >= 15 is 0 Å². The standard InChI is InChI=1S/C14H20F3N3O3/c1-7(2)12(13(22)23)18-11(21)5-10-8(3)19-20(9(10)4)6-14(15,16)17/h7,12H,5-6H2,1-4H3,(H,18,21)(H,22,23). The van der Waals surface area contributed by atoms with Gasteiger partial charge in [-0.05, 0) is 19.8 Å². The van der Waals surface area contributed by atoms with Crippen molar-refractivity contribution in [2.45, 2.75) is 52.9 Å². The van der Waals surface area contributed by atoms with Gasteiger partial charge in [-0.3, -0.25) is 9.48 Å². The average Bonchev–Trinajstić information content (AvgIpc) is 2.61.